The van der Waals surface area contributed by atoms with Crippen LogP contribution in [0.2, 0.25) is 0 Å². The number of aliphatic hydroxyl groups is 1. The van der Waals surface area contributed by atoms with E-state index in [-0.39, 0.29) is 29.7 Å². The van der Waals surface area contributed by atoms with Crippen LogP contribution < -0.4 is 10.6 Å². The van der Waals surface area contributed by atoms with Crippen molar-refractivity contribution in [2.24, 2.45) is 0 Å². The van der Waals surface area contributed by atoms with E-state index in [4.69, 9.17) is 5.41 Å². The molecule has 0 aliphatic heterocycles. The molecule has 0 unspecified atom stereocenters. The average Bonchev–Trinajstić information content (AvgIpc) is 2.68. The van der Waals surface area contributed by atoms with Gasteiger partial charge in [-0.15, -0.1) is 0 Å². The van der Waals surface area contributed by atoms with Gasteiger partial charge in [-0.1, -0.05) is 6.08 Å². The average molecular weight is 422 g/mol. The van der Waals surface area contributed by atoms with Gasteiger partial charge < -0.3 is 21.1 Å². The standard InChI is InChI=1S/C20H25F3N6O/c1-3-13(16(6-9-24)20(21,22)23)11-26-18-27-12-14(10-25)17(29-18)28-15-4-7-19(2,30)8-5-15/h3,6,9,12,15,24,30H,4-5,7-8,11H2,1-2H3,(H2,26,27,28,29)/b13-3-,16-6+,24-9?/t15-,19+. The molecule has 0 spiro atoms. The van der Waals surface area contributed by atoms with Gasteiger partial charge in [0.05, 0.1) is 17.4 Å². The van der Waals surface area contributed by atoms with Gasteiger partial charge in [0.2, 0.25) is 5.95 Å². The maximum Gasteiger partial charge on any atom is 0.416 e. The van der Waals surface area contributed by atoms with Gasteiger partial charge in [-0.2, -0.15) is 23.4 Å². The van der Waals surface area contributed by atoms with Crippen molar-refractivity contribution in [3.63, 3.8) is 0 Å². The molecule has 162 valence electrons. The molecule has 0 atom stereocenters. The van der Waals surface area contributed by atoms with Crippen LogP contribution in [-0.2, 0) is 0 Å². The van der Waals surface area contributed by atoms with Gasteiger partial charge in [-0.25, -0.2) is 4.98 Å². The molecule has 1 aromatic heterocycles. The third kappa shape index (κ3) is 6.29. The number of hydrogen-bond donors (Lipinski definition) is 4. The zero-order chi connectivity index (χ0) is 22.4. The third-order valence-electron chi connectivity index (χ3n) is 5.00. The van der Waals surface area contributed by atoms with Crippen LogP contribution in [0.3, 0.4) is 0 Å². The Balaban J connectivity index is 2.13. The van der Waals surface area contributed by atoms with Crippen LogP contribution in [-0.4, -0.2) is 45.7 Å². The second kappa shape index (κ2) is 9.71. The van der Waals surface area contributed by atoms with Crippen LogP contribution >= 0.6 is 0 Å². The molecular formula is C20H25F3N6O. The summed E-state index contributed by atoms with van der Waals surface area (Å²) in [6.07, 6.45) is 1.96. The van der Waals surface area contributed by atoms with E-state index in [0.717, 1.165) is 0 Å². The number of nitrogens with zero attached hydrogens (tertiary/aromatic N) is 3. The molecule has 0 amide bonds. The van der Waals surface area contributed by atoms with Gasteiger partial charge in [0.25, 0.3) is 0 Å². The summed E-state index contributed by atoms with van der Waals surface area (Å²) in [5.41, 5.74) is -1.45. The first-order valence-electron chi connectivity index (χ1n) is 9.53. The minimum Gasteiger partial charge on any atom is -0.390 e. The lowest BCUT2D eigenvalue weighted by molar-refractivity contribution is -0.0892. The number of allylic oxidation sites excluding steroid dienone is 2. The summed E-state index contributed by atoms with van der Waals surface area (Å²) >= 11 is 0. The van der Waals surface area contributed by atoms with E-state index in [2.05, 4.69) is 20.6 Å². The van der Waals surface area contributed by atoms with E-state index in [0.29, 0.717) is 43.8 Å². The van der Waals surface area contributed by atoms with Crippen LogP contribution in [0.1, 0.15) is 45.1 Å². The summed E-state index contributed by atoms with van der Waals surface area (Å²) in [6.45, 7) is 3.07. The smallest absolute Gasteiger partial charge is 0.390 e. The van der Waals surface area contributed by atoms with Gasteiger partial charge >= 0.3 is 6.18 Å². The quantitative estimate of drug-likeness (QED) is 0.390. The molecule has 1 heterocycles. The second-order valence-electron chi connectivity index (χ2n) is 7.40. The molecule has 1 aliphatic carbocycles. The summed E-state index contributed by atoms with van der Waals surface area (Å²) < 4.78 is 39.6. The first-order valence-corrected chi connectivity index (χ1v) is 9.53. The zero-order valence-electron chi connectivity index (χ0n) is 16.8. The molecule has 30 heavy (non-hydrogen) atoms. The molecular weight excluding hydrogens is 397 g/mol. The number of alkyl halides is 3. The first-order chi connectivity index (χ1) is 14.1. The maximum atomic E-state index is 13.2. The lowest BCUT2D eigenvalue weighted by Crippen LogP contribution is -2.36. The Kier molecular flexibility index (Phi) is 7.56. The number of anilines is 2. The second-order valence-corrected chi connectivity index (χ2v) is 7.40. The van der Waals surface area contributed by atoms with Gasteiger partial charge in [0, 0.05) is 18.8 Å². The van der Waals surface area contributed by atoms with Crippen molar-refractivity contribution < 1.29 is 18.3 Å². The fourth-order valence-electron chi connectivity index (χ4n) is 3.23. The number of aromatic nitrogens is 2. The number of hydrogen-bond acceptors (Lipinski definition) is 7. The van der Waals surface area contributed by atoms with E-state index in [1.165, 1.54) is 19.2 Å². The number of rotatable bonds is 7. The molecule has 0 radical (unpaired) electrons. The fraction of sp³-hybridized carbons (Fsp3) is 0.500. The zero-order valence-corrected chi connectivity index (χ0v) is 16.8. The Hall–Kier alpha value is -2.93. The predicted octanol–water partition coefficient (Wildman–Crippen LogP) is 3.95. The van der Waals surface area contributed by atoms with E-state index in [1.54, 1.807) is 6.92 Å². The lowest BCUT2D eigenvalue weighted by Gasteiger charge is -2.33. The minimum atomic E-state index is -4.60. The molecule has 0 saturated heterocycles. The highest BCUT2D eigenvalue weighted by atomic mass is 19.4. The van der Waals surface area contributed by atoms with Crippen molar-refractivity contribution in [3.05, 3.63) is 35.1 Å². The molecule has 1 aliphatic rings. The van der Waals surface area contributed by atoms with E-state index < -0.39 is 17.4 Å². The van der Waals surface area contributed by atoms with Crippen molar-refractivity contribution in [1.82, 2.24) is 9.97 Å². The molecule has 1 saturated carbocycles. The van der Waals surface area contributed by atoms with Crippen LogP contribution in [0.5, 0.6) is 0 Å². The summed E-state index contributed by atoms with van der Waals surface area (Å²) in [5, 5.41) is 32.3. The van der Waals surface area contributed by atoms with Gasteiger partial charge in [0.15, 0.2) is 0 Å². The number of nitriles is 1. The number of halogens is 3. The highest BCUT2D eigenvalue weighted by molar-refractivity contribution is 5.71. The van der Waals surface area contributed by atoms with Crippen molar-refractivity contribution in [3.8, 4) is 6.07 Å². The van der Waals surface area contributed by atoms with Crippen LogP contribution in [0.4, 0.5) is 24.9 Å². The molecule has 10 heteroatoms. The Morgan fingerprint density at radius 3 is 2.63 bits per heavy atom. The fourth-order valence-corrected chi connectivity index (χ4v) is 3.23. The van der Waals surface area contributed by atoms with Gasteiger partial charge in [-0.3, -0.25) is 0 Å². The van der Waals surface area contributed by atoms with E-state index in [9.17, 15) is 23.5 Å². The molecule has 0 aromatic carbocycles. The van der Waals surface area contributed by atoms with Crippen LogP contribution in [0.25, 0.3) is 0 Å². The van der Waals surface area contributed by atoms with Crippen molar-refractivity contribution in [2.45, 2.75) is 57.3 Å². The van der Waals surface area contributed by atoms with Gasteiger partial charge in [0.1, 0.15) is 17.5 Å². The lowest BCUT2D eigenvalue weighted by atomic mass is 9.83. The van der Waals surface area contributed by atoms with Gasteiger partial charge in [-0.05, 0) is 51.2 Å². The highest BCUT2D eigenvalue weighted by Gasteiger charge is 2.35. The maximum absolute atomic E-state index is 13.2. The van der Waals surface area contributed by atoms with E-state index in [1.807, 2.05) is 6.07 Å². The summed E-state index contributed by atoms with van der Waals surface area (Å²) in [4.78, 5) is 8.26. The number of nitrogens with one attached hydrogen (secondary N) is 3. The third-order valence-corrected chi connectivity index (χ3v) is 5.00. The summed E-state index contributed by atoms with van der Waals surface area (Å²) in [7, 11) is 0. The summed E-state index contributed by atoms with van der Waals surface area (Å²) in [6, 6.07) is 2.03. The van der Waals surface area contributed by atoms with Crippen molar-refractivity contribution >= 4 is 18.0 Å². The molecule has 4 N–H and O–H groups in total. The highest BCUT2D eigenvalue weighted by Crippen LogP contribution is 2.32. The SMILES string of the molecule is C/C=C(CNc1ncc(C#N)c(N[C@H]2CC[C@@](C)(O)CC2)n1)\C(=C/C=N)C(F)(F)F. The largest absolute Gasteiger partial charge is 0.416 e. The monoisotopic (exact) mass is 422 g/mol. The normalized spacial score (nSPS) is 22.9. The molecule has 2 rings (SSSR count). The Morgan fingerprint density at radius 1 is 1.43 bits per heavy atom. The topological polar surface area (TPSA) is 118 Å². The predicted molar refractivity (Wildman–Crippen MR) is 108 cm³/mol. The van der Waals surface area contributed by atoms with Crippen molar-refractivity contribution in [1.29, 1.82) is 10.7 Å². The summed E-state index contributed by atoms with van der Waals surface area (Å²) in [5.74, 6) is 0.379. The first kappa shape index (κ1) is 23.3. The molecule has 0 bridgehead atoms. The molecule has 1 aromatic rings. The Bertz CT molecular complexity index is 860. The molecule has 1 fully saturated rings. The minimum absolute atomic E-state index is 0.0264. The Labute approximate surface area is 173 Å². The Morgan fingerprint density at radius 2 is 2.10 bits per heavy atom. The molecule has 7 nitrogen and oxygen atoms in total. The van der Waals surface area contributed by atoms with E-state index >= 15 is 0 Å². The van der Waals surface area contributed by atoms with Crippen LogP contribution in [0.15, 0.2) is 29.5 Å². The van der Waals surface area contributed by atoms with Crippen LogP contribution in [0, 0.1) is 16.7 Å². The van der Waals surface area contributed by atoms with Crippen molar-refractivity contribution in [2.75, 3.05) is 17.2 Å².